The van der Waals surface area contributed by atoms with Gasteiger partial charge >= 0.3 is 0 Å². The molecule has 0 bridgehead atoms. The van der Waals surface area contributed by atoms with E-state index in [2.05, 4.69) is 23.9 Å². The largest absolute Gasteiger partial charge is 0.316 e. The molecule has 0 amide bonds. The van der Waals surface area contributed by atoms with Gasteiger partial charge < -0.3 is 5.32 Å². The molecule has 0 aliphatic carbocycles. The number of rotatable bonds is 8. The van der Waals surface area contributed by atoms with E-state index in [1.807, 2.05) is 0 Å². The molecule has 5 heteroatoms. The minimum absolute atomic E-state index is 0.159. The summed E-state index contributed by atoms with van der Waals surface area (Å²) in [6.07, 6.45) is 0.839. The minimum atomic E-state index is -3.00. The smallest absolute Gasteiger partial charge is 0.211 e. The molecular weight excluding hydrogens is 200 g/mol. The third-order valence-corrected chi connectivity index (χ3v) is 3.19. The van der Waals surface area contributed by atoms with Crippen LogP contribution in [0.15, 0.2) is 0 Å². The van der Waals surface area contributed by atoms with Crippen LogP contribution in [-0.2, 0) is 10.0 Å². The Balaban J connectivity index is 3.31. The van der Waals surface area contributed by atoms with Gasteiger partial charge in [0.25, 0.3) is 0 Å². The van der Waals surface area contributed by atoms with Gasteiger partial charge in [0.1, 0.15) is 0 Å². The fraction of sp³-hybridized carbons (Fsp3) is 1.00. The number of nitrogens with one attached hydrogen (secondary N) is 2. The lowest BCUT2D eigenvalue weighted by atomic mass is 10.2. The first kappa shape index (κ1) is 13.9. The molecule has 0 aromatic rings. The number of sulfonamides is 1. The van der Waals surface area contributed by atoms with Crippen LogP contribution in [0.25, 0.3) is 0 Å². The molecule has 0 saturated heterocycles. The van der Waals surface area contributed by atoms with Crippen molar-refractivity contribution in [2.45, 2.75) is 27.2 Å². The highest BCUT2D eigenvalue weighted by Crippen LogP contribution is 1.87. The van der Waals surface area contributed by atoms with Crippen LogP contribution in [-0.4, -0.2) is 33.8 Å². The molecular formula is C9H22N2O2S. The summed E-state index contributed by atoms with van der Waals surface area (Å²) in [6.45, 7) is 8.31. The van der Waals surface area contributed by atoms with Crippen molar-refractivity contribution in [1.29, 1.82) is 0 Å². The van der Waals surface area contributed by atoms with E-state index < -0.39 is 10.0 Å². The van der Waals surface area contributed by atoms with Gasteiger partial charge in [0.15, 0.2) is 0 Å². The van der Waals surface area contributed by atoms with Crippen molar-refractivity contribution in [2.75, 3.05) is 25.4 Å². The summed E-state index contributed by atoms with van der Waals surface area (Å²) < 4.78 is 24.5. The van der Waals surface area contributed by atoms with E-state index in [-0.39, 0.29) is 5.75 Å². The van der Waals surface area contributed by atoms with E-state index in [1.54, 1.807) is 6.92 Å². The molecule has 0 spiro atoms. The van der Waals surface area contributed by atoms with Gasteiger partial charge in [0.05, 0.1) is 5.75 Å². The van der Waals surface area contributed by atoms with Gasteiger partial charge in [0.2, 0.25) is 10.0 Å². The third-order valence-electron chi connectivity index (χ3n) is 1.78. The van der Waals surface area contributed by atoms with Gasteiger partial charge in [-0.15, -0.1) is 0 Å². The molecule has 0 rings (SSSR count). The summed E-state index contributed by atoms with van der Waals surface area (Å²) >= 11 is 0. The van der Waals surface area contributed by atoms with Crippen molar-refractivity contribution in [2.24, 2.45) is 5.92 Å². The first-order valence-corrected chi connectivity index (χ1v) is 6.81. The Labute approximate surface area is 87.5 Å². The normalized spacial score (nSPS) is 12.3. The van der Waals surface area contributed by atoms with Crippen LogP contribution in [0.4, 0.5) is 0 Å². The zero-order chi connectivity index (χ0) is 11.0. The summed E-state index contributed by atoms with van der Waals surface area (Å²) in [5.41, 5.74) is 0. The molecule has 0 radical (unpaired) electrons. The standard InChI is InChI=1S/C9H22N2O2S/c1-4-14(12,13)11-7-5-6-10-8-9(2)3/h9-11H,4-8H2,1-3H3. The summed E-state index contributed by atoms with van der Waals surface area (Å²) in [4.78, 5) is 0. The van der Waals surface area contributed by atoms with Crippen molar-refractivity contribution in [3.8, 4) is 0 Å². The van der Waals surface area contributed by atoms with Gasteiger partial charge in [-0.25, -0.2) is 13.1 Å². The van der Waals surface area contributed by atoms with Gasteiger partial charge in [-0.2, -0.15) is 0 Å². The topological polar surface area (TPSA) is 58.2 Å². The zero-order valence-electron chi connectivity index (χ0n) is 9.34. The highest BCUT2D eigenvalue weighted by Gasteiger charge is 2.03. The predicted molar refractivity (Wildman–Crippen MR) is 59.8 cm³/mol. The van der Waals surface area contributed by atoms with Gasteiger partial charge in [0, 0.05) is 6.54 Å². The molecule has 14 heavy (non-hydrogen) atoms. The molecule has 0 aromatic carbocycles. The van der Waals surface area contributed by atoms with Crippen LogP contribution >= 0.6 is 0 Å². The van der Waals surface area contributed by atoms with E-state index in [9.17, 15) is 8.42 Å². The molecule has 0 saturated carbocycles. The Bertz CT molecular complexity index is 225. The van der Waals surface area contributed by atoms with Crippen molar-refractivity contribution in [1.82, 2.24) is 10.0 Å². The monoisotopic (exact) mass is 222 g/mol. The molecule has 0 aromatic heterocycles. The van der Waals surface area contributed by atoms with Crippen LogP contribution in [0.5, 0.6) is 0 Å². The quantitative estimate of drug-likeness (QED) is 0.590. The Morgan fingerprint density at radius 2 is 1.86 bits per heavy atom. The number of hydrogen-bond donors (Lipinski definition) is 2. The SMILES string of the molecule is CCS(=O)(=O)NCCCNCC(C)C. The molecule has 0 fully saturated rings. The average molecular weight is 222 g/mol. The van der Waals surface area contributed by atoms with Gasteiger partial charge in [-0.3, -0.25) is 0 Å². The maximum atomic E-state index is 11.0. The van der Waals surface area contributed by atoms with Crippen LogP contribution < -0.4 is 10.0 Å². The maximum Gasteiger partial charge on any atom is 0.211 e. The lowest BCUT2D eigenvalue weighted by Crippen LogP contribution is -2.29. The molecule has 0 aliphatic heterocycles. The second-order valence-corrected chi connectivity index (χ2v) is 5.84. The Morgan fingerprint density at radius 3 is 2.36 bits per heavy atom. The average Bonchev–Trinajstić information content (AvgIpc) is 2.10. The second kappa shape index (κ2) is 7.20. The zero-order valence-corrected chi connectivity index (χ0v) is 10.2. The molecule has 0 aliphatic rings. The Morgan fingerprint density at radius 1 is 1.21 bits per heavy atom. The third kappa shape index (κ3) is 8.47. The second-order valence-electron chi connectivity index (χ2n) is 3.75. The summed E-state index contributed by atoms with van der Waals surface area (Å²) in [7, 11) is -3.00. The lowest BCUT2D eigenvalue weighted by molar-refractivity contribution is 0.537. The highest BCUT2D eigenvalue weighted by molar-refractivity contribution is 7.89. The Kier molecular flexibility index (Phi) is 7.13. The number of hydrogen-bond acceptors (Lipinski definition) is 3. The van der Waals surface area contributed by atoms with Crippen molar-refractivity contribution in [3.05, 3.63) is 0 Å². The van der Waals surface area contributed by atoms with Gasteiger partial charge in [-0.05, 0) is 32.4 Å². The lowest BCUT2D eigenvalue weighted by Gasteiger charge is -2.07. The van der Waals surface area contributed by atoms with Crippen molar-refractivity contribution < 1.29 is 8.42 Å². The van der Waals surface area contributed by atoms with E-state index in [1.165, 1.54) is 0 Å². The van der Waals surface area contributed by atoms with Crippen LogP contribution in [0.2, 0.25) is 0 Å². The van der Waals surface area contributed by atoms with Crippen LogP contribution in [0.3, 0.4) is 0 Å². The first-order chi connectivity index (χ1) is 6.48. The first-order valence-electron chi connectivity index (χ1n) is 5.16. The van der Waals surface area contributed by atoms with E-state index >= 15 is 0 Å². The van der Waals surface area contributed by atoms with E-state index in [0.29, 0.717) is 12.5 Å². The van der Waals surface area contributed by atoms with Crippen molar-refractivity contribution in [3.63, 3.8) is 0 Å². The van der Waals surface area contributed by atoms with Crippen LogP contribution in [0.1, 0.15) is 27.2 Å². The van der Waals surface area contributed by atoms with E-state index in [4.69, 9.17) is 0 Å². The fourth-order valence-electron chi connectivity index (χ4n) is 0.934. The summed E-state index contributed by atoms with van der Waals surface area (Å²) in [5, 5.41) is 3.25. The summed E-state index contributed by atoms with van der Waals surface area (Å²) in [5.74, 6) is 0.800. The predicted octanol–water partition coefficient (Wildman–Crippen LogP) is 0.561. The Hall–Kier alpha value is -0.130. The molecule has 2 N–H and O–H groups in total. The molecule has 4 nitrogen and oxygen atoms in total. The highest BCUT2D eigenvalue weighted by atomic mass is 32.2. The van der Waals surface area contributed by atoms with E-state index in [0.717, 1.165) is 19.5 Å². The summed E-state index contributed by atoms with van der Waals surface area (Å²) in [6, 6.07) is 0. The van der Waals surface area contributed by atoms with Crippen LogP contribution in [0, 0.1) is 5.92 Å². The molecule has 86 valence electrons. The molecule has 0 unspecified atom stereocenters. The van der Waals surface area contributed by atoms with Gasteiger partial charge in [-0.1, -0.05) is 13.8 Å². The molecule has 0 atom stereocenters. The fourth-order valence-corrected chi connectivity index (χ4v) is 1.59. The molecule has 0 heterocycles. The minimum Gasteiger partial charge on any atom is -0.316 e. The van der Waals surface area contributed by atoms with Crippen molar-refractivity contribution >= 4 is 10.0 Å². The maximum absolute atomic E-state index is 11.0.